The lowest BCUT2D eigenvalue weighted by Gasteiger charge is -2.21. The summed E-state index contributed by atoms with van der Waals surface area (Å²) in [5.41, 5.74) is 1.01. The number of aliphatic hydroxyl groups is 2. The molecule has 2 aromatic rings. The maximum absolute atomic E-state index is 13.0. The molecule has 0 radical (unpaired) electrons. The lowest BCUT2D eigenvalue weighted by Crippen LogP contribution is -2.36. The van der Waals surface area contributed by atoms with Crippen LogP contribution >= 0.6 is 0 Å². The van der Waals surface area contributed by atoms with Gasteiger partial charge >= 0.3 is 0 Å². The molecular weight excluding hydrogens is 301 g/mol. The number of phenolic OH excluding ortho intramolecular Hbond substituents is 1. The Morgan fingerprint density at radius 1 is 1.04 bits per heavy atom. The average molecular weight is 319 g/mol. The minimum absolute atomic E-state index is 0.0208. The fraction of sp³-hybridized carbons (Fsp3) is 0.235. The van der Waals surface area contributed by atoms with E-state index in [9.17, 15) is 24.5 Å². The molecule has 0 aliphatic rings. The Labute approximate surface area is 133 Å². The van der Waals surface area contributed by atoms with Crippen LogP contribution in [0.15, 0.2) is 48.5 Å². The Bertz CT molecular complexity index is 660. The van der Waals surface area contributed by atoms with Gasteiger partial charge in [0, 0.05) is 0 Å². The number of aromatic hydroxyl groups is 1. The summed E-state index contributed by atoms with van der Waals surface area (Å²) in [6.45, 7) is -0.813. The molecule has 2 rings (SSSR count). The Morgan fingerprint density at radius 3 is 2.30 bits per heavy atom. The van der Waals surface area contributed by atoms with Crippen molar-refractivity contribution < 1.29 is 24.5 Å². The summed E-state index contributed by atoms with van der Waals surface area (Å²) in [5, 5.41) is 31.0. The maximum Gasteiger partial charge on any atom is 0.230 e. The van der Waals surface area contributed by atoms with E-state index in [0.717, 1.165) is 0 Å². The van der Waals surface area contributed by atoms with Crippen LogP contribution in [0.4, 0.5) is 4.39 Å². The molecule has 0 bridgehead atoms. The van der Waals surface area contributed by atoms with Crippen LogP contribution in [0, 0.1) is 5.82 Å². The molecule has 2 atom stereocenters. The fourth-order valence-corrected chi connectivity index (χ4v) is 2.28. The number of phenols is 1. The standard InChI is InChI=1S/C17H18FNO4/c18-13-6-4-11(5-7-13)15(9-20)17(23)19-16(10-21)12-2-1-3-14(22)8-12/h1-8,15-16,20-22H,9-10H2,(H,19,23). The molecule has 1 amide bonds. The average Bonchev–Trinajstić information content (AvgIpc) is 2.55. The Hall–Kier alpha value is -2.44. The molecule has 0 saturated carbocycles. The van der Waals surface area contributed by atoms with Gasteiger partial charge in [-0.05, 0) is 35.4 Å². The normalized spacial score (nSPS) is 13.3. The van der Waals surface area contributed by atoms with E-state index in [-0.39, 0.29) is 12.4 Å². The highest BCUT2D eigenvalue weighted by molar-refractivity contribution is 5.84. The molecule has 0 aromatic heterocycles. The molecule has 0 fully saturated rings. The molecule has 23 heavy (non-hydrogen) atoms. The quantitative estimate of drug-likeness (QED) is 0.649. The van der Waals surface area contributed by atoms with E-state index in [4.69, 9.17) is 0 Å². The molecule has 4 N–H and O–H groups in total. The number of carbonyl (C=O) groups is 1. The van der Waals surface area contributed by atoms with E-state index < -0.39 is 30.3 Å². The van der Waals surface area contributed by atoms with E-state index >= 15 is 0 Å². The monoisotopic (exact) mass is 319 g/mol. The molecule has 122 valence electrons. The summed E-state index contributed by atoms with van der Waals surface area (Å²) in [6, 6.07) is 10.7. The van der Waals surface area contributed by atoms with Gasteiger partial charge in [0.15, 0.2) is 0 Å². The van der Waals surface area contributed by atoms with Crippen LogP contribution in [-0.4, -0.2) is 34.4 Å². The first kappa shape index (κ1) is 16.9. The summed E-state index contributed by atoms with van der Waals surface area (Å²) < 4.78 is 13.0. The minimum Gasteiger partial charge on any atom is -0.508 e. The van der Waals surface area contributed by atoms with E-state index in [1.165, 1.54) is 36.4 Å². The number of amides is 1. The zero-order chi connectivity index (χ0) is 16.8. The van der Waals surface area contributed by atoms with Gasteiger partial charge < -0.3 is 20.6 Å². The third-order valence-corrected chi connectivity index (χ3v) is 3.54. The van der Waals surface area contributed by atoms with Gasteiger partial charge in [0.1, 0.15) is 11.6 Å². The number of rotatable bonds is 6. The van der Waals surface area contributed by atoms with Gasteiger partial charge in [-0.25, -0.2) is 4.39 Å². The topological polar surface area (TPSA) is 89.8 Å². The first-order chi connectivity index (χ1) is 11.0. The second-order valence-electron chi connectivity index (χ2n) is 5.13. The van der Waals surface area contributed by atoms with Crippen molar-refractivity contribution >= 4 is 5.91 Å². The lowest BCUT2D eigenvalue weighted by molar-refractivity contribution is -0.124. The van der Waals surface area contributed by atoms with Gasteiger partial charge in [0.05, 0.1) is 25.2 Å². The van der Waals surface area contributed by atoms with Crippen molar-refractivity contribution in [3.63, 3.8) is 0 Å². The number of hydrogen-bond donors (Lipinski definition) is 4. The molecule has 5 nitrogen and oxygen atoms in total. The highest BCUT2D eigenvalue weighted by Crippen LogP contribution is 2.21. The van der Waals surface area contributed by atoms with Gasteiger partial charge in [0.2, 0.25) is 5.91 Å². The smallest absolute Gasteiger partial charge is 0.230 e. The van der Waals surface area contributed by atoms with Gasteiger partial charge in [-0.2, -0.15) is 0 Å². The molecule has 2 unspecified atom stereocenters. The molecule has 2 aromatic carbocycles. The van der Waals surface area contributed by atoms with Crippen LogP contribution in [0.3, 0.4) is 0 Å². The van der Waals surface area contributed by atoms with E-state index in [2.05, 4.69) is 5.32 Å². The van der Waals surface area contributed by atoms with Crippen LogP contribution in [0.2, 0.25) is 0 Å². The second kappa shape index (κ2) is 7.71. The fourth-order valence-electron chi connectivity index (χ4n) is 2.28. The van der Waals surface area contributed by atoms with Crippen LogP contribution < -0.4 is 5.32 Å². The number of nitrogens with one attached hydrogen (secondary N) is 1. The van der Waals surface area contributed by atoms with E-state index in [0.29, 0.717) is 11.1 Å². The molecule has 6 heteroatoms. The second-order valence-corrected chi connectivity index (χ2v) is 5.13. The first-order valence-electron chi connectivity index (χ1n) is 7.11. The Balaban J connectivity index is 2.15. The third kappa shape index (κ3) is 4.28. The Morgan fingerprint density at radius 2 is 1.74 bits per heavy atom. The largest absolute Gasteiger partial charge is 0.508 e. The van der Waals surface area contributed by atoms with Crippen molar-refractivity contribution in [1.82, 2.24) is 5.32 Å². The predicted octanol–water partition coefficient (Wildman–Crippen LogP) is 1.46. The SMILES string of the molecule is O=C(NC(CO)c1cccc(O)c1)C(CO)c1ccc(F)cc1. The van der Waals surface area contributed by atoms with Crippen molar-refractivity contribution in [3.05, 3.63) is 65.5 Å². The Kier molecular flexibility index (Phi) is 5.67. The van der Waals surface area contributed by atoms with Crippen molar-refractivity contribution in [2.45, 2.75) is 12.0 Å². The summed E-state index contributed by atoms with van der Waals surface area (Å²) in [4.78, 5) is 12.3. The number of halogens is 1. The van der Waals surface area contributed by atoms with Crippen molar-refractivity contribution in [2.75, 3.05) is 13.2 Å². The maximum atomic E-state index is 13.0. The first-order valence-corrected chi connectivity index (χ1v) is 7.11. The molecule has 0 aliphatic heterocycles. The van der Waals surface area contributed by atoms with Crippen LogP contribution in [-0.2, 0) is 4.79 Å². The van der Waals surface area contributed by atoms with Crippen LogP contribution in [0.1, 0.15) is 23.1 Å². The van der Waals surface area contributed by atoms with Crippen molar-refractivity contribution in [3.8, 4) is 5.75 Å². The molecule has 0 heterocycles. The number of aliphatic hydroxyl groups excluding tert-OH is 2. The summed E-state index contributed by atoms with van der Waals surface area (Å²) >= 11 is 0. The van der Waals surface area contributed by atoms with Crippen molar-refractivity contribution in [2.24, 2.45) is 0 Å². The number of benzene rings is 2. The number of carbonyl (C=O) groups excluding carboxylic acids is 1. The highest BCUT2D eigenvalue weighted by Gasteiger charge is 2.23. The van der Waals surface area contributed by atoms with E-state index in [1.54, 1.807) is 12.1 Å². The summed E-state index contributed by atoms with van der Waals surface area (Å²) in [5.74, 6) is -1.78. The predicted molar refractivity (Wildman–Crippen MR) is 82.3 cm³/mol. The zero-order valence-electron chi connectivity index (χ0n) is 12.3. The van der Waals surface area contributed by atoms with Gasteiger partial charge in [-0.3, -0.25) is 4.79 Å². The van der Waals surface area contributed by atoms with Crippen molar-refractivity contribution in [1.29, 1.82) is 0 Å². The summed E-state index contributed by atoms with van der Waals surface area (Å²) in [6.07, 6.45) is 0. The van der Waals surface area contributed by atoms with Crippen LogP contribution in [0.5, 0.6) is 5.75 Å². The number of hydrogen-bond acceptors (Lipinski definition) is 4. The zero-order valence-corrected chi connectivity index (χ0v) is 12.3. The van der Waals surface area contributed by atoms with Gasteiger partial charge in [-0.15, -0.1) is 0 Å². The molecule has 0 saturated heterocycles. The lowest BCUT2D eigenvalue weighted by atomic mass is 9.98. The van der Waals surface area contributed by atoms with Crippen LogP contribution in [0.25, 0.3) is 0 Å². The molecule has 0 spiro atoms. The third-order valence-electron chi connectivity index (χ3n) is 3.54. The van der Waals surface area contributed by atoms with E-state index in [1.807, 2.05) is 0 Å². The molecule has 0 aliphatic carbocycles. The highest BCUT2D eigenvalue weighted by atomic mass is 19.1. The van der Waals surface area contributed by atoms with Gasteiger partial charge in [0.25, 0.3) is 0 Å². The summed E-state index contributed by atoms with van der Waals surface area (Å²) in [7, 11) is 0. The van der Waals surface area contributed by atoms with Gasteiger partial charge in [-0.1, -0.05) is 24.3 Å². The minimum atomic E-state index is -0.873. The molecular formula is C17H18FNO4.